The minimum Gasteiger partial charge on any atom is -0.496 e. The maximum Gasteiger partial charge on any atom is 0.180 e. The molecule has 0 aliphatic carbocycles. The van der Waals surface area contributed by atoms with Crippen LogP contribution in [0.15, 0.2) is 24.3 Å². The van der Waals surface area contributed by atoms with Crippen LogP contribution in [0.5, 0.6) is 5.75 Å². The number of carbonyl (C=O) groups is 1. The van der Waals surface area contributed by atoms with Crippen molar-refractivity contribution in [3.05, 3.63) is 29.8 Å². The molecule has 1 fully saturated rings. The molecule has 1 aliphatic rings. The van der Waals surface area contributed by atoms with Gasteiger partial charge in [-0.25, -0.2) is 0 Å². The predicted octanol–water partition coefficient (Wildman–Crippen LogP) is 3.12. The molecule has 2 atom stereocenters. The third-order valence-corrected chi connectivity index (χ3v) is 5.91. The molecule has 1 heterocycles. The van der Waals surface area contributed by atoms with Crippen molar-refractivity contribution in [2.45, 2.75) is 17.4 Å². The summed E-state index contributed by atoms with van der Waals surface area (Å²) in [6.07, 6.45) is 0. The van der Waals surface area contributed by atoms with Gasteiger partial charge in [-0.05, 0) is 12.1 Å². The summed E-state index contributed by atoms with van der Waals surface area (Å²) in [6, 6.07) is 7.48. The molecule has 0 radical (unpaired) electrons. The zero-order valence-electron chi connectivity index (χ0n) is 10.0. The van der Waals surface area contributed by atoms with Gasteiger partial charge in [0.05, 0.1) is 17.9 Å². The average Bonchev–Trinajstić information content (AvgIpc) is 2.38. The Bertz CT molecular complexity index is 406. The van der Waals surface area contributed by atoms with E-state index in [1.54, 1.807) is 18.9 Å². The van der Waals surface area contributed by atoms with E-state index in [0.717, 1.165) is 11.5 Å². The Labute approximate surface area is 111 Å². The zero-order valence-corrected chi connectivity index (χ0v) is 11.6. The summed E-state index contributed by atoms with van der Waals surface area (Å²) >= 11 is 3.65. The van der Waals surface area contributed by atoms with E-state index in [2.05, 4.69) is 6.92 Å². The fourth-order valence-electron chi connectivity index (χ4n) is 1.92. The summed E-state index contributed by atoms with van der Waals surface area (Å²) in [5, 5.41) is 0.441. The molecule has 4 heteroatoms. The number of methoxy groups -OCH3 is 1. The molecule has 1 aromatic rings. The van der Waals surface area contributed by atoms with E-state index in [1.165, 1.54) is 0 Å². The van der Waals surface area contributed by atoms with E-state index < -0.39 is 0 Å². The molecule has 0 N–H and O–H groups in total. The Morgan fingerprint density at radius 2 is 2.00 bits per heavy atom. The zero-order chi connectivity index (χ0) is 12.3. The van der Waals surface area contributed by atoms with Crippen LogP contribution in [-0.2, 0) is 0 Å². The highest BCUT2D eigenvalue weighted by molar-refractivity contribution is 8.07. The van der Waals surface area contributed by atoms with Gasteiger partial charge in [-0.3, -0.25) is 4.79 Å². The number of hydrogen-bond acceptors (Lipinski definition) is 4. The van der Waals surface area contributed by atoms with Gasteiger partial charge in [-0.2, -0.15) is 11.8 Å². The molecule has 92 valence electrons. The lowest BCUT2D eigenvalue weighted by atomic mass is 10.1. The van der Waals surface area contributed by atoms with E-state index in [-0.39, 0.29) is 11.0 Å². The van der Waals surface area contributed by atoms with Crippen molar-refractivity contribution >= 4 is 29.3 Å². The second-order valence-corrected chi connectivity index (χ2v) is 6.67. The Kier molecular flexibility index (Phi) is 4.40. The normalized spacial score (nSPS) is 24.4. The highest BCUT2D eigenvalue weighted by Crippen LogP contribution is 2.34. The van der Waals surface area contributed by atoms with Gasteiger partial charge in [0, 0.05) is 16.8 Å². The van der Waals surface area contributed by atoms with Gasteiger partial charge in [0.1, 0.15) is 5.75 Å². The van der Waals surface area contributed by atoms with Gasteiger partial charge in [0.15, 0.2) is 5.78 Å². The van der Waals surface area contributed by atoms with Gasteiger partial charge in [0.25, 0.3) is 0 Å². The van der Waals surface area contributed by atoms with E-state index in [4.69, 9.17) is 4.74 Å². The Morgan fingerprint density at radius 1 is 1.29 bits per heavy atom. The molecule has 2 nitrogen and oxygen atoms in total. The van der Waals surface area contributed by atoms with Crippen LogP contribution in [-0.4, -0.2) is 34.9 Å². The third kappa shape index (κ3) is 2.80. The van der Waals surface area contributed by atoms with Crippen molar-refractivity contribution < 1.29 is 9.53 Å². The van der Waals surface area contributed by atoms with Crippen molar-refractivity contribution in [2.75, 3.05) is 18.6 Å². The standard InChI is InChI=1S/C13H16O2S2/c1-9-13(17-8-7-16-9)12(14)10-5-3-4-6-11(10)15-2/h3-6,9,13H,7-8H2,1-2H3. The van der Waals surface area contributed by atoms with Crippen molar-refractivity contribution in [3.8, 4) is 5.75 Å². The number of carbonyl (C=O) groups excluding carboxylic acids is 1. The number of hydrogen-bond donors (Lipinski definition) is 0. The van der Waals surface area contributed by atoms with Crippen LogP contribution in [0.4, 0.5) is 0 Å². The highest BCUT2D eigenvalue weighted by Gasteiger charge is 2.31. The third-order valence-electron chi connectivity index (χ3n) is 2.82. The van der Waals surface area contributed by atoms with Crippen LogP contribution in [0.25, 0.3) is 0 Å². The topological polar surface area (TPSA) is 26.3 Å². The lowest BCUT2D eigenvalue weighted by Gasteiger charge is -2.27. The van der Waals surface area contributed by atoms with Crippen LogP contribution in [0, 0.1) is 0 Å². The first-order valence-electron chi connectivity index (χ1n) is 5.64. The average molecular weight is 268 g/mol. The molecular weight excluding hydrogens is 252 g/mol. The monoisotopic (exact) mass is 268 g/mol. The summed E-state index contributed by atoms with van der Waals surface area (Å²) in [5.41, 5.74) is 0.710. The lowest BCUT2D eigenvalue weighted by molar-refractivity contribution is 0.0986. The minimum absolute atomic E-state index is 0.0602. The second kappa shape index (κ2) is 5.83. The molecule has 1 aliphatic heterocycles. The number of ether oxygens (including phenoxy) is 1. The highest BCUT2D eigenvalue weighted by atomic mass is 32.2. The number of benzene rings is 1. The number of Topliss-reactive ketones (excluding diaryl/α,β-unsaturated/α-hetero) is 1. The Morgan fingerprint density at radius 3 is 2.71 bits per heavy atom. The molecule has 0 bridgehead atoms. The molecule has 0 amide bonds. The molecule has 1 aromatic carbocycles. The first-order chi connectivity index (χ1) is 8.24. The summed E-state index contributed by atoms with van der Waals surface area (Å²) in [6.45, 7) is 2.13. The van der Waals surface area contributed by atoms with Crippen LogP contribution in [0.2, 0.25) is 0 Å². The van der Waals surface area contributed by atoms with Gasteiger partial charge in [0.2, 0.25) is 0 Å². The maximum atomic E-state index is 12.5. The lowest BCUT2D eigenvalue weighted by Crippen LogP contribution is -2.31. The van der Waals surface area contributed by atoms with Crippen molar-refractivity contribution in [2.24, 2.45) is 0 Å². The SMILES string of the molecule is COc1ccccc1C(=O)C1SCCSC1C. The number of thioether (sulfide) groups is 2. The van der Waals surface area contributed by atoms with E-state index in [1.807, 2.05) is 36.0 Å². The molecular formula is C13H16O2S2. The maximum absolute atomic E-state index is 12.5. The quantitative estimate of drug-likeness (QED) is 0.787. The van der Waals surface area contributed by atoms with Gasteiger partial charge in [-0.1, -0.05) is 19.1 Å². The molecule has 0 spiro atoms. The molecule has 2 unspecified atom stereocenters. The Hall–Kier alpha value is -0.610. The van der Waals surface area contributed by atoms with Crippen LogP contribution >= 0.6 is 23.5 Å². The van der Waals surface area contributed by atoms with Gasteiger partial charge >= 0.3 is 0 Å². The van der Waals surface area contributed by atoms with Gasteiger partial charge in [-0.15, -0.1) is 11.8 Å². The first-order valence-corrected chi connectivity index (χ1v) is 7.74. The smallest absolute Gasteiger partial charge is 0.180 e. The summed E-state index contributed by atoms with van der Waals surface area (Å²) < 4.78 is 5.26. The van der Waals surface area contributed by atoms with Crippen molar-refractivity contribution in [3.63, 3.8) is 0 Å². The summed E-state index contributed by atoms with van der Waals surface area (Å²) in [5.74, 6) is 3.08. The first kappa shape index (κ1) is 12.8. The fourth-order valence-corrected chi connectivity index (χ4v) is 4.64. The second-order valence-electron chi connectivity index (χ2n) is 3.93. The largest absolute Gasteiger partial charge is 0.496 e. The molecule has 1 saturated heterocycles. The summed E-state index contributed by atoms with van der Waals surface area (Å²) in [7, 11) is 1.61. The predicted molar refractivity (Wildman–Crippen MR) is 75.5 cm³/mol. The molecule has 17 heavy (non-hydrogen) atoms. The fraction of sp³-hybridized carbons (Fsp3) is 0.462. The van der Waals surface area contributed by atoms with Gasteiger partial charge < -0.3 is 4.74 Å². The molecule has 2 rings (SSSR count). The van der Waals surface area contributed by atoms with Crippen LogP contribution in [0.3, 0.4) is 0 Å². The van der Waals surface area contributed by atoms with E-state index >= 15 is 0 Å². The van der Waals surface area contributed by atoms with Crippen molar-refractivity contribution in [1.82, 2.24) is 0 Å². The minimum atomic E-state index is 0.0602. The van der Waals surface area contributed by atoms with Crippen LogP contribution < -0.4 is 4.74 Å². The van der Waals surface area contributed by atoms with Crippen molar-refractivity contribution in [1.29, 1.82) is 0 Å². The van der Waals surface area contributed by atoms with E-state index in [0.29, 0.717) is 16.6 Å². The number of ketones is 1. The number of para-hydroxylation sites is 1. The summed E-state index contributed by atoms with van der Waals surface area (Å²) in [4.78, 5) is 12.5. The Balaban J connectivity index is 2.23. The molecule has 0 aromatic heterocycles. The molecule has 0 saturated carbocycles. The number of rotatable bonds is 3. The van der Waals surface area contributed by atoms with E-state index in [9.17, 15) is 4.79 Å². The van der Waals surface area contributed by atoms with Crippen LogP contribution in [0.1, 0.15) is 17.3 Å².